The molecule has 102 valence electrons. The fourth-order valence-corrected chi connectivity index (χ4v) is 2.25. The maximum Gasteiger partial charge on any atom is 0.169 e. The predicted molar refractivity (Wildman–Crippen MR) is 72.0 cm³/mol. The van der Waals surface area contributed by atoms with Gasteiger partial charge in [-0.05, 0) is 12.8 Å². The number of hydrogen-bond acceptors (Lipinski definition) is 1. The summed E-state index contributed by atoms with van der Waals surface area (Å²) in [4.78, 5) is 11.7. The van der Waals surface area contributed by atoms with Crippen LogP contribution in [0.5, 0.6) is 0 Å². The molecule has 0 saturated heterocycles. The molecule has 0 rings (SSSR count). The molecule has 0 aromatic heterocycles. The molecule has 0 aliphatic carbocycles. The van der Waals surface area contributed by atoms with Gasteiger partial charge in [-0.3, -0.25) is 4.79 Å². The highest BCUT2D eigenvalue weighted by Gasteiger charge is 2.31. The first-order valence-electron chi connectivity index (χ1n) is 7.20. The average molecular weight is 244 g/mol. The smallest absolute Gasteiger partial charge is 0.169 e. The Morgan fingerprint density at radius 1 is 0.941 bits per heavy atom. The van der Waals surface area contributed by atoms with Crippen molar-refractivity contribution in [3.63, 3.8) is 0 Å². The lowest BCUT2D eigenvalue weighted by Crippen LogP contribution is -2.29. The van der Waals surface area contributed by atoms with E-state index in [0.29, 0.717) is 0 Å². The minimum Gasteiger partial charge on any atom is -0.296 e. The molecule has 0 radical (unpaired) electrons. The highest BCUT2D eigenvalue weighted by atomic mass is 19.1. The lowest BCUT2D eigenvalue weighted by Gasteiger charge is -2.27. The van der Waals surface area contributed by atoms with Crippen LogP contribution < -0.4 is 0 Å². The number of Topliss-reactive ketones (excluding diaryl/α,β-unsaturated/α-hetero) is 1. The van der Waals surface area contributed by atoms with E-state index in [1.54, 1.807) is 0 Å². The van der Waals surface area contributed by atoms with E-state index in [2.05, 4.69) is 13.8 Å². The van der Waals surface area contributed by atoms with Crippen LogP contribution in [0.25, 0.3) is 0 Å². The summed E-state index contributed by atoms with van der Waals surface area (Å²) >= 11 is 0. The Bertz CT molecular complexity index is 203. The number of carbonyl (C=O) groups excluding carboxylic acids is 1. The third-order valence-corrected chi connectivity index (χ3v) is 3.71. The lowest BCUT2D eigenvalue weighted by molar-refractivity contribution is -0.129. The second-order valence-corrected chi connectivity index (χ2v) is 5.39. The molecule has 2 heteroatoms. The van der Waals surface area contributed by atoms with Gasteiger partial charge in [-0.15, -0.1) is 0 Å². The molecule has 17 heavy (non-hydrogen) atoms. The number of rotatable bonds is 11. The van der Waals surface area contributed by atoms with Crippen molar-refractivity contribution >= 4 is 5.78 Å². The van der Waals surface area contributed by atoms with Crippen molar-refractivity contribution in [1.82, 2.24) is 0 Å². The zero-order valence-electron chi connectivity index (χ0n) is 11.9. The Balaban J connectivity index is 4.05. The largest absolute Gasteiger partial charge is 0.296 e. The van der Waals surface area contributed by atoms with Gasteiger partial charge in [-0.1, -0.05) is 65.7 Å². The van der Waals surface area contributed by atoms with Crippen molar-refractivity contribution in [2.75, 3.05) is 6.67 Å². The van der Waals surface area contributed by atoms with E-state index >= 15 is 0 Å². The number of unbranched alkanes of at least 4 members (excludes halogenated alkanes) is 5. The van der Waals surface area contributed by atoms with Crippen LogP contribution >= 0.6 is 0 Å². The molecule has 0 aliphatic heterocycles. The lowest BCUT2D eigenvalue weighted by atomic mass is 9.76. The van der Waals surface area contributed by atoms with Gasteiger partial charge in [0.25, 0.3) is 0 Å². The van der Waals surface area contributed by atoms with Crippen molar-refractivity contribution in [2.24, 2.45) is 5.41 Å². The molecule has 0 fully saturated rings. The molecule has 1 unspecified atom stereocenters. The van der Waals surface area contributed by atoms with Gasteiger partial charge in [0.05, 0.1) is 0 Å². The second kappa shape index (κ2) is 9.61. The molecule has 0 aromatic carbocycles. The maximum atomic E-state index is 12.6. The van der Waals surface area contributed by atoms with Crippen molar-refractivity contribution in [1.29, 1.82) is 0 Å². The summed E-state index contributed by atoms with van der Waals surface area (Å²) in [6.45, 7) is 5.46. The van der Waals surface area contributed by atoms with Crippen LogP contribution in [-0.4, -0.2) is 12.5 Å². The van der Waals surface area contributed by atoms with Crippen molar-refractivity contribution in [3.05, 3.63) is 0 Å². The molecular formula is C15H29FO. The fraction of sp³-hybridized carbons (Fsp3) is 0.933. The van der Waals surface area contributed by atoms with Gasteiger partial charge in [0.1, 0.15) is 6.67 Å². The summed E-state index contributed by atoms with van der Waals surface area (Å²) in [5.41, 5.74) is -0.406. The summed E-state index contributed by atoms with van der Waals surface area (Å²) < 4.78 is 12.6. The van der Waals surface area contributed by atoms with E-state index in [0.717, 1.165) is 32.1 Å². The minimum absolute atomic E-state index is 0.193. The van der Waals surface area contributed by atoms with E-state index in [-0.39, 0.29) is 5.78 Å². The Morgan fingerprint density at radius 3 is 2.00 bits per heavy atom. The third-order valence-electron chi connectivity index (χ3n) is 3.71. The first-order valence-corrected chi connectivity index (χ1v) is 7.20. The van der Waals surface area contributed by atoms with Gasteiger partial charge in [0, 0.05) is 5.41 Å². The molecule has 0 bridgehead atoms. The van der Waals surface area contributed by atoms with E-state index in [9.17, 15) is 9.18 Å². The van der Waals surface area contributed by atoms with E-state index in [1.165, 1.54) is 25.7 Å². The van der Waals surface area contributed by atoms with E-state index in [4.69, 9.17) is 0 Å². The summed E-state index contributed by atoms with van der Waals surface area (Å²) in [5, 5.41) is 0. The Morgan fingerprint density at radius 2 is 1.47 bits per heavy atom. The molecule has 0 amide bonds. The number of ketones is 1. The number of alkyl halides is 1. The first kappa shape index (κ1) is 16.6. The number of hydrogen-bond donors (Lipinski definition) is 0. The Hall–Kier alpha value is -0.400. The minimum atomic E-state index is -0.796. The molecule has 0 heterocycles. The van der Waals surface area contributed by atoms with Gasteiger partial charge in [0.15, 0.2) is 5.78 Å². The monoisotopic (exact) mass is 244 g/mol. The average Bonchev–Trinajstić information content (AvgIpc) is 2.35. The van der Waals surface area contributed by atoms with Crippen LogP contribution in [-0.2, 0) is 4.79 Å². The zero-order chi connectivity index (χ0) is 13.1. The van der Waals surface area contributed by atoms with Crippen LogP contribution in [0.1, 0.15) is 78.6 Å². The highest BCUT2D eigenvalue weighted by molar-refractivity contribution is 5.85. The van der Waals surface area contributed by atoms with Crippen molar-refractivity contribution < 1.29 is 9.18 Å². The number of halogens is 1. The predicted octanol–water partition coefficient (Wildman–Crippen LogP) is 5.08. The molecule has 1 nitrogen and oxygen atoms in total. The van der Waals surface area contributed by atoms with Gasteiger partial charge in [0.2, 0.25) is 0 Å². The standard InChI is InChI=1S/C15H29FO/c1-4-6-8-9-10-12-15(3,11-7-5-2)14(17)13-16/h4-13H2,1-3H3. The van der Waals surface area contributed by atoms with Crippen LogP contribution in [0.15, 0.2) is 0 Å². The fourth-order valence-electron chi connectivity index (χ4n) is 2.25. The highest BCUT2D eigenvalue weighted by Crippen LogP contribution is 2.32. The second-order valence-electron chi connectivity index (χ2n) is 5.39. The quantitative estimate of drug-likeness (QED) is 0.463. The van der Waals surface area contributed by atoms with Crippen LogP contribution in [0.4, 0.5) is 4.39 Å². The Kier molecular flexibility index (Phi) is 9.39. The summed E-state index contributed by atoms with van der Waals surface area (Å²) in [6, 6.07) is 0. The van der Waals surface area contributed by atoms with Crippen LogP contribution in [0, 0.1) is 5.41 Å². The van der Waals surface area contributed by atoms with Crippen molar-refractivity contribution in [2.45, 2.75) is 78.6 Å². The maximum absolute atomic E-state index is 12.6. The molecule has 0 saturated carbocycles. The van der Waals surface area contributed by atoms with Crippen LogP contribution in [0.2, 0.25) is 0 Å². The van der Waals surface area contributed by atoms with Gasteiger partial charge in [-0.2, -0.15) is 0 Å². The van der Waals surface area contributed by atoms with E-state index in [1.807, 2.05) is 6.92 Å². The summed E-state index contributed by atoms with van der Waals surface area (Å²) in [7, 11) is 0. The normalized spacial score (nSPS) is 14.6. The Labute approximate surface area is 106 Å². The number of carbonyl (C=O) groups is 1. The zero-order valence-corrected chi connectivity index (χ0v) is 11.9. The molecule has 0 aliphatic rings. The summed E-state index contributed by atoms with van der Waals surface area (Å²) in [6.07, 6.45) is 9.78. The molecule has 0 aromatic rings. The van der Waals surface area contributed by atoms with Gasteiger partial charge < -0.3 is 0 Å². The molecule has 0 spiro atoms. The topological polar surface area (TPSA) is 17.1 Å². The first-order chi connectivity index (χ1) is 8.10. The van der Waals surface area contributed by atoms with Crippen molar-refractivity contribution in [3.8, 4) is 0 Å². The SMILES string of the molecule is CCCCCCCC(C)(CCCC)C(=O)CF. The van der Waals surface area contributed by atoms with Crippen LogP contribution in [0.3, 0.4) is 0 Å². The summed E-state index contributed by atoms with van der Waals surface area (Å²) in [5.74, 6) is -0.193. The molecule has 1 atom stereocenters. The third kappa shape index (κ3) is 6.80. The van der Waals surface area contributed by atoms with Gasteiger partial charge in [-0.25, -0.2) is 4.39 Å². The van der Waals surface area contributed by atoms with Gasteiger partial charge >= 0.3 is 0 Å². The van der Waals surface area contributed by atoms with E-state index < -0.39 is 12.1 Å². The molecule has 0 N–H and O–H groups in total. The molecular weight excluding hydrogens is 215 g/mol.